The van der Waals surface area contributed by atoms with Gasteiger partial charge in [0, 0.05) is 13.0 Å². The van der Waals surface area contributed by atoms with Crippen LogP contribution in [-0.2, 0) is 14.2 Å². The maximum Gasteiger partial charge on any atom is 0.0812 e. The Balaban J connectivity index is 1.79. The van der Waals surface area contributed by atoms with Crippen molar-refractivity contribution in [1.82, 2.24) is 0 Å². The molecule has 2 heterocycles. The van der Waals surface area contributed by atoms with E-state index in [9.17, 15) is 5.11 Å². The normalized spacial score (nSPS) is 35.3. The lowest BCUT2D eigenvalue weighted by Crippen LogP contribution is -2.44. The van der Waals surface area contributed by atoms with Gasteiger partial charge in [-0.1, -0.05) is 27.7 Å². The summed E-state index contributed by atoms with van der Waals surface area (Å²) in [6, 6.07) is 0. The van der Waals surface area contributed by atoms with Crippen molar-refractivity contribution >= 4 is 0 Å². The molecule has 0 amide bonds. The number of hydrogen-bond acceptors (Lipinski definition) is 4. The Labute approximate surface area is 135 Å². The molecule has 1 N–H and O–H groups in total. The van der Waals surface area contributed by atoms with Crippen LogP contribution in [0.25, 0.3) is 0 Å². The molecule has 2 saturated heterocycles. The van der Waals surface area contributed by atoms with Gasteiger partial charge in [0.1, 0.15) is 0 Å². The lowest BCUT2D eigenvalue weighted by atomic mass is 9.75. The first kappa shape index (κ1) is 18.2. The highest BCUT2D eigenvalue weighted by Gasteiger charge is 2.38. The molecule has 0 saturated carbocycles. The van der Waals surface area contributed by atoms with Crippen molar-refractivity contribution in [3.05, 3.63) is 0 Å². The van der Waals surface area contributed by atoms with Crippen molar-refractivity contribution in [1.29, 1.82) is 0 Å². The van der Waals surface area contributed by atoms with E-state index in [-0.39, 0.29) is 17.6 Å². The maximum absolute atomic E-state index is 10.9. The molecule has 2 fully saturated rings. The van der Waals surface area contributed by atoms with Crippen LogP contribution in [0, 0.1) is 11.3 Å². The highest BCUT2D eigenvalue weighted by atomic mass is 16.6. The fraction of sp³-hybridized carbons (Fsp3) is 1.00. The van der Waals surface area contributed by atoms with E-state index in [1.54, 1.807) is 0 Å². The molecule has 3 unspecified atom stereocenters. The van der Waals surface area contributed by atoms with E-state index >= 15 is 0 Å². The van der Waals surface area contributed by atoms with E-state index in [1.165, 1.54) is 0 Å². The summed E-state index contributed by atoms with van der Waals surface area (Å²) in [4.78, 5) is 0. The Morgan fingerprint density at radius 1 is 1.09 bits per heavy atom. The molecule has 0 aromatic rings. The Morgan fingerprint density at radius 2 is 1.77 bits per heavy atom. The molecule has 0 bridgehead atoms. The molecule has 2 aliphatic rings. The van der Waals surface area contributed by atoms with Crippen molar-refractivity contribution in [3.63, 3.8) is 0 Å². The highest BCUT2D eigenvalue weighted by Crippen LogP contribution is 2.37. The molecular weight excluding hydrogens is 280 g/mol. The molecule has 2 aliphatic heterocycles. The molecule has 4 atom stereocenters. The minimum atomic E-state index is -0.564. The number of ether oxygens (including phenoxy) is 3. The van der Waals surface area contributed by atoms with Crippen molar-refractivity contribution in [2.45, 2.75) is 77.6 Å². The second-order valence-electron chi connectivity index (χ2n) is 8.55. The third-order valence-electron chi connectivity index (χ3n) is 4.60. The van der Waals surface area contributed by atoms with E-state index in [1.807, 2.05) is 0 Å². The van der Waals surface area contributed by atoms with E-state index < -0.39 is 5.60 Å². The van der Waals surface area contributed by atoms with Gasteiger partial charge in [-0.15, -0.1) is 0 Å². The minimum Gasteiger partial charge on any atom is -0.390 e. The summed E-state index contributed by atoms with van der Waals surface area (Å²) in [5.41, 5.74) is -0.416. The monoisotopic (exact) mass is 314 g/mol. The van der Waals surface area contributed by atoms with Crippen LogP contribution in [0.4, 0.5) is 0 Å². The summed E-state index contributed by atoms with van der Waals surface area (Å²) in [5, 5.41) is 10.9. The van der Waals surface area contributed by atoms with E-state index in [2.05, 4.69) is 27.7 Å². The molecule has 4 nitrogen and oxygen atoms in total. The van der Waals surface area contributed by atoms with Crippen LogP contribution >= 0.6 is 0 Å². The second-order valence-corrected chi connectivity index (χ2v) is 8.55. The van der Waals surface area contributed by atoms with Gasteiger partial charge in [-0.2, -0.15) is 0 Å². The minimum absolute atomic E-state index is 0.148. The zero-order chi connectivity index (χ0) is 16.2. The zero-order valence-corrected chi connectivity index (χ0v) is 14.8. The first-order chi connectivity index (χ1) is 10.3. The fourth-order valence-corrected chi connectivity index (χ4v) is 3.97. The van der Waals surface area contributed by atoms with Gasteiger partial charge < -0.3 is 19.3 Å². The molecule has 130 valence electrons. The van der Waals surface area contributed by atoms with Crippen molar-refractivity contribution in [2.24, 2.45) is 11.3 Å². The lowest BCUT2D eigenvalue weighted by Gasteiger charge is -2.41. The molecule has 22 heavy (non-hydrogen) atoms. The van der Waals surface area contributed by atoms with Gasteiger partial charge in [0.25, 0.3) is 0 Å². The number of rotatable bonds is 5. The Hall–Kier alpha value is -0.160. The molecule has 0 aromatic carbocycles. The van der Waals surface area contributed by atoms with E-state index in [0.717, 1.165) is 38.7 Å². The van der Waals surface area contributed by atoms with E-state index in [0.29, 0.717) is 25.7 Å². The molecule has 0 aliphatic carbocycles. The first-order valence-electron chi connectivity index (χ1n) is 8.79. The highest BCUT2D eigenvalue weighted by molar-refractivity contribution is 4.90. The smallest absolute Gasteiger partial charge is 0.0812 e. The predicted octanol–water partition coefficient (Wildman–Crippen LogP) is 3.16. The Morgan fingerprint density at radius 3 is 2.41 bits per heavy atom. The zero-order valence-electron chi connectivity index (χ0n) is 14.8. The van der Waals surface area contributed by atoms with Crippen molar-refractivity contribution < 1.29 is 19.3 Å². The van der Waals surface area contributed by atoms with Gasteiger partial charge >= 0.3 is 0 Å². The van der Waals surface area contributed by atoms with Crippen LogP contribution in [0.5, 0.6) is 0 Å². The molecule has 0 aromatic heterocycles. The van der Waals surface area contributed by atoms with Crippen molar-refractivity contribution in [2.75, 3.05) is 26.4 Å². The molecule has 2 rings (SSSR count). The largest absolute Gasteiger partial charge is 0.390 e. The van der Waals surface area contributed by atoms with Gasteiger partial charge in [0.2, 0.25) is 0 Å². The van der Waals surface area contributed by atoms with Crippen LogP contribution in [-0.4, -0.2) is 49.3 Å². The van der Waals surface area contributed by atoms with Gasteiger partial charge in [0.15, 0.2) is 0 Å². The topological polar surface area (TPSA) is 47.9 Å². The summed E-state index contributed by atoms with van der Waals surface area (Å²) < 4.78 is 17.1. The average Bonchev–Trinajstić information content (AvgIpc) is 2.36. The molecule has 0 radical (unpaired) electrons. The number of hydrogen-bond donors (Lipinski definition) is 1. The Bertz CT molecular complexity index is 332. The molecule has 0 spiro atoms. The van der Waals surface area contributed by atoms with Crippen LogP contribution in [0.3, 0.4) is 0 Å². The standard InChI is InChI=1S/C18H34O4/c1-14(10-16-12-20-7-8-22-16)9-15-11-18(19,5-6-21-15)13-17(2,3)4/h14-16,19H,5-13H2,1-4H3/t14?,15?,16-,18?/m1/s1. The summed E-state index contributed by atoms with van der Waals surface area (Å²) in [6.07, 6.45) is 4.75. The van der Waals surface area contributed by atoms with Crippen LogP contribution in [0.15, 0.2) is 0 Å². The van der Waals surface area contributed by atoms with Gasteiger partial charge in [-0.05, 0) is 37.0 Å². The second kappa shape index (κ2) is 7.61. The van der Waals surface area contributed by atoms with E-state index in [4.69, 9.17) is 14.2 Å². The van der Waals surface area contributed by atoms with Crippen LogP contribution < -0.4 is 0 Å². The van der Waals surface area contributed by atoms with Gasteiger partial charge in [-0.3, -0.25) is 0 Å². The SMILES string of the molecule is CC(CC1CC(O)(CC(C)(C)C)CCO1)C[C@@H]1COCCO1. The molecular formula is C18H34O4. The maximum atomic E-state index is 10.9. The third kappa shape index (κ3) is 6.15. The lowest BCUT2D eigenvalue weighted by molar-refractivity contribution is -0.127. The van der Waals surface area contributed by atoms with Gasteiger partial charge in [0.05, 0.1) is 37.6 Å². The quantitative estimate of drug-likeness (QED) is 0.847. The Kier molecular flexibility index (Phi) is 6.29. The summed E-state index contributed by atoms with van der Waals surface area (Å²) in [6.45, 7) is 11.6. The van der Waals surface area contributed by atoms with Crippen LogP contribution in [0.2, 0.25) is 0 Å². The number of aliphatic hydroxyl groups is 1. The van der Waals surface area contributed by atoms with Crippen LogP contribution in [0.1, 0.15) is 59.8 Å². The average molecular weight is 314 g/mol. The summed E-state index contributed by atoms with van der Waals surface area (Å²) in [5.74, 6) is 0.522. The van der Waals surface area contributed by atoms with Gasteiger partial charge in [-0.25, -0.2) is 0 Å². The predicted molar refractivity (Wildman–Crippen MR) is 87.0 cm³/mol. The summed E-state index contributed by atoms with van der Waals surface area (Å²) >= 11 is 0. The van der Waals surface area contributed by atoms with Crippen molar-refractivity contribution in [3.8, 4) is 0 Å². The fourth-order valence-electron chi connectivity index (χ4n) is 3.97. The third-order valence-corrected chi connectivity index (χ3v) is 4.60. The summed E-state index contributed by atoms with van der Waals surface area (Å²) in [7, 11) is 0. The first-order valence-corrected chi connectivity index (χ1v) is 8.79. The molecule has 4 heteroatoms.